The van der Waals surface area contributed by atoms with Gasteiger partial charge in [-0.2, -0.15) is 0 Å². The summed E-state index contributed by atoms with van der Waals surface area (Å²) in [6, 6.07) is 10.1. The van der Waals surface area contributed by atoms with Crippen molar-refractivity contribution in [3.63, 3.8) is 0 Å². The van der Waals surface area contributed by atoms with Crippen LogP contribution >= 0.6 is 0 Å². The molecule has 1 aromatic carbocycles. The van der Waals surface area contributed by atoms with E-state index in [2.05, 4.69) is 19.1 Å². The molecule has 0 aliphatic carbocycles. The van der Waals surface area contributed by atoms with E-state index in [-0.39, 0.29) is 18.2 Å². The number of unbranched alkanes of at least 4 members (excludes halogenated alkanes) is 1. The van der Waals surface area contributed by atoms with Crippen molar-refractivity contribution in [2.24, 2.45) is 0 Å². The molecule has 1 aromatic rings. The number of carbonyl (C=O) groups is 1. The van der Waals surface area contributed by atoms with Gasteiger partial charge in [0.05, 0.1) is 6.04 Å². The van der Waals surface area contributed by atoms with Crippen molar-refractivity contribution in [1.82, 2.24) is 4.90 Å². The molecule has 3 atom stereocenters. The SMILES string of the molecule is CCCCN1C(=O)C(OC(C)OCC)C1c1ccccc1. The second-order valence-electron chi connectivity index (χ2n) is 5.32. The Hall–Kier alpha value is -1.39. The minimum absolute atomic E-state index is 0.00755. The summed E-state index contributed by atoms with van der Waals surface area (Å²) in [7, 11) is 0. The Morgan fingerprint density at radius 3 is 2.57 bits per heavy atom. The Labute approximate surface area is 127 Å². The van der Waals surface area contributed by atoms with Gasteiger partial charge in [-0.15, -0.1) is 0 Å². The highest BCUT2D eigenvalue weighted by atomic mass is 16.7. The second-order valence-corrected chi connectivity index (χ2v) is 5.32. The molecule has 0 saturated carbocycles. The average molecular weight is 291 g/mol. The summed E-state index contributed by atoms with van der Waals surface area (Å²) in [6.45, 7) is 7.26. The van der Waals surface area contributed by atoms with Crippen LogP contribution in [-0.2, 0) is 14.3 Å². The monoisotopic (exact) mass is 291 g/mol. The Morgan fingerprint density at radius 2 is 1.95 bits per heavy atom. The van der Waals surface area contributed by atoms with E-state index in [4.69, 9.17) is 9.47 Å². The van der Waals surface area contributed by atoms with Gasteiger partial charge in [0.15, 0.2) is 12.4 Å². The number of rotatable bonds is 8. The minimum atomic E-state index is -0.425. The smallest absolute Gasteiger partial charge is 0.254 e. The van der Waals surface area contributed by atoms with Crippen molar-refractivity contribution in [1.29, 1.82) is 0 Å². The molecule has 0 N–H and O–H groups in total. The number of carbonyl (C=O) groups excluding carboxylic acids is 1. The molecule has 0 spiro atoms. The van der Waals surface area contributed by atoms with E-state index in [1.165, 1.54) is 0 Å². The Bertz CT molecular complexity index is 449. The lowest BCUT2D eigenvalue weighted by molar-refractivity contribution is -0.215. The highest BCUT2D eigenvalue weighted by molar-refractivity contribution is 5.89. The Kier molecular flexibility index (Phi) is 5.76. The zero-order valence-electron chi connectivity index (χ0n) is 13.1. The largest absolute Gasteiger partial charge is 0.353 e. The van der Waals surface area contributed by atoms with Crippen LogP contribution < -0.4 is 0 Å². The Morgan fingerprint density at radius 1 is 1.24 bits per heavy atom. The molecule has 3 unspecified atom stereocenters. The number of nitrogens with zero attached hydrogens (tertiary/aromatic N) is 1. The van der Waals surface area contributed by atoms with Gasteiger partial charge in [0.2, 0.25) is 0 Å². The molecule has 116 valence electrons. The summed E-state index contributed by atoms with van der Waals surface area (Å²) >= 11 is 0. The third-order valence-electron chi connectivity index (χ3n) is 3.78. The number of ether oxygens (including phenoxy) is 2. The van der Waals surface area contributed by atoms with Crippen LogP contribution in [0.2, 0.25) is 0 Å². The van der Waals surface area contributed by atoms with Gasteiger partial charge in [-0.05, 0) is 25.8 Å². The molecule has 21 heavy (non-hydrogen) atoms. The molecule has 1 aliphatic heterocycles. The lowest BCUT2D eigenvalue weighted by Crippen LogP contribution is -2.60. The van der Waals surface area contributed by atoms with Crippen LogP contribution in [0.1, 0.15) is 45.2 Å². The summed E-state index contributed by atoms with van der Waals surface area (Å²) in [4.78, 5) is 14.3. The molecule has 0 aromatic heterocycles. The van der Waals surface area contributed by atoms with Crippen molar-refractivity contribution in [3.8, 4) is 0 Å². The molecular formula is C17H25NO3. The molecule has 1 amide bonds. The fourth-order valence-corrected chi connectivity index (χ4v) is 2.71. The van der Waals surface area contributed by atoms with Gasteiger partial charge in [0.1, 0.15) is 0 Å². The lowest BCUT2D eigenvalue weighted by Gasteiger charge is -2.47. The maximum absolute atomic E-state index is 12.3. The maximum Gasteiger partial charge on any atom is 0.254 e. The molecule has 2 rings (SSSR count). The lowest BCUT2D eigenvalue weighted by atomic mass is 9.90. The van der Waals surface area contributed by atoms with E-state index >= 15 is 0 Å². The van der Waals surface area contributed by atoms with Gasteiger partial charge >= 0.3 is 0 Å². The number of β-lactam (4-membered cyclic amide) rings is 1. The molecule has 1 saturated heterocycles. The molecule has 1 heterocycles. The van der Waals surface area contributed by atoms with Crippen LogP contribution in [0.5, 0.6) is 0 Å². The van der Waals surface area contributed by atoms with E-state index in [1.807, 2.05) is 36.9 Å². The first-order valence-electron chi connectivity index (χ1n) is 7.81. The third-order valence-corrected chi connectivity index (χ3v) is 3.78. The normalized spacial score (nSPS) is 23.0. The molecule has 4 heteroatoms. The summed E-state index contributed by atoms with van der Waals surface area (Å²) < 4.78 is 11.2. The van der Waals surface area contributed by atoms with E-state index in [1.54, 1.807) is 0 Å². The van der Waals surface area contributed by atoms with Crippen molar-refractivity contribution < 1.29 is 14.3 Å². The molecule has 4 nitrogen and oxygen atoms in total. The molecular weight excluding hydrogens is 266 g/mol. The third kappa shape index (κ3) is 3.63. The first kappa shape index (κ1) is 16.0. The number of benzene rings is 1. The van der Waals surface area contributed by atoms with Crippen molar-refractivity contribution in [3.05, 3.63) is 35.9 Å². The van der Waals surface area contributed by atoms with Gasteiger partial charge in [-0.25, -0.2) is 0 Å². The minimum Gasteiger partial charge on any atom is -0.353 e. The number of hydrogen-bond donors (Lipinski definition) is 0. The number of amides is 1. The topological polar surface area (TPSA) is 38.8 Å². The fourth-order valence-electron chi connectivity index (χ4n) is 2.71. The number of hydrogen-bond acceptors (Lipinski definition) is 3. The van der Waals surface area contributed by atoms with E-state index in [0.29, 0.717) is 6.61 Å². The molecule has 0 radical (unpaired) electrons. The summed E-state index contributed by atoms with van der Waals surface area (Å²) in [5, 5.41) is 0. The van der Waals surface area contributed by atoms with Gasteiger partial charge in [0, 0.05) is 13.2 Å². The van der Waals surface area contributed by atoms with E-state index in [0.717, 1.165) is 24.9 Å². The average Bonchev–Trinajstić information content (AvgIpc) is 2.50. The van der Waals surface area contributed by atoms with Crippen molar-refractivity contribution in [2.45, 2.75) is 52.0 Å². The number of likely N-dealkylation sites (tertiary alicyclic amines) is 1. The van der Waals surface area contributed by atoms with Crippen molar-refractivity contribution >= 4 is 5.91 Å². The van der Waals surface area contributed by atoms with Crippen LogP contribution in [-0.4, -0.2) is 36.4 Å². The van der Waals surface area contributed by atoms with Crippen LogP contribution in [0.25, 0.3) is 0 Å². The van der Waals surface area contributed by atoms with Gasteiger partial charge in [0.25, 0.3) is 5.91 Å². The van der Waals surface area contributed by atoms with Crippen LogP contribution in [0.3, 0.4) is 0 Å². The zero-order valence-corrected chi connectivity index (χ0v) is 13.1. The second kappa shape index (κ2) is 7.57. The molecule has 1 aliphatic rings. The van der Waals surface area contributed by atoms with Crippen LogP contribution in [0.15, 0.2) is 30.3 Å². The van der Waals surface area contributed by atoms with Gasteiger partial charge in [-0.3, -0.25) is 4.79 Å². The van der Waals surface area contributed by atoms with E-state index < -0.39 is 6.10 Å². The summed E-state index contributed by atoms with van der Waals surface area (Å²) in [5.41, 5.74) is 1.13. The maximum atomic E-state index is 12.3. The molecule has 1 fully saturated rings. The first-order chi connectivity index (χ1) is 10.2. The molecule has 0 bridgehead atoms. The highest BCUT2D eigenvalue weighted by Crippen LogP contribution is 2.37. The highest BCUT2D eigenvalue weighted by Gasteiger charge is 2.49. The standard InChI is InChI=1S/C17H25NO3/c1-4-6-12-18-15(14-10-8-7-9-11-14)16(17(18)19)21-13(3)20-5-2/h7-11,13,15-16H,4-6,12H2,1-3H3. The van der Waals surface area contributed by atoms with Gasteiger partial charge in [-0.1, -0.05) is 43.7 Å². The Balaban J connectivity index is 2.10. The van der Waals surface area contributed by atoms with Gasteiger partial charge < -0.3 is 14.4 Å². The van der Waals surface area contributed by atoms with Crippen molar-refractivity contribution in [2.75, 3.05) is 13.2 Å². The predicted octanol–water partition coefficient (Wildman–Crippen LogP) is 3.14. The fraction of sp³-hybridized carbons (Fsp3) is 0.588. The quantitative estimate of drug-likeness (QED) is 0.545. The van der Waals surface area contributed by atoms with E-state index in [9.17, 15) is 4.79 Å². The summed E-state index contributed by atoms with van der Waals surface area (Å²) in [6.07, 6.45) is 1.31. The first-order valence-corrected chi connectivity index (χ1v) is 7.81. The zero-order chi connectivity index (χ0) is 15.2. The predicted molar refractivity (Wildman–Crippen MR) is 81.8 cm³/mol. The summed E-state index contributed by atoms with van der Waals surface area (Å²) in [5.74, 6) is 0.0730. The van der Waals surface area contributed by atoms with Crippen LogP contribution in [0, 0.1) is 0 Å². The van der Waals surface area contributed by atoms with Crippen LogP contribution in [0.4, 0.5) is 0 Å².